The normalized spacial score (nSPS) is 17.7. The number of unbranched alkanes of at least 4 members (excludes halogenated alkanes) is 1. The summed E-state index contributed by atoms with van der Waals surface area (Å²) in [5.74, 6) is 0. The molecule has 1 aromatic heterocycles. The molecule has 21 heavy (non-hydrogen) atoms. The molecular formula is C14H22ClN3O3. The average Bonchev–Trinajstić information content (AvgIpc) is 2.52. The minimum atomic E-state index is -0.494. The van der Waals surface area contributed by atoms with E-state index in [0.29, 0.717) is 38.3 Å². The highest BCUT2D eigenvalue weighted by Crippen LogP contribution is 2.27. The molecule has 0 aromatic carbocycles. The molecule has 1 aliphatic rings. The molecule has 6 nitrogen and oxygen atoms in total. The van der Waals surface area contributed by atoms with E-state index in [1.165, 1.54) is 4.68 Å². The number of ether oxygens (including phenoxy) is 1. The lowest BCUT2D eigenvalue weighted by molar-refractivity contribution is 0.0380. The van der Waals surface area contributed by atoms with E-state index >= 15 is 0 Å². The predicted octanol–water partition coefficient (Wildman–Crippen LogP) is 1.65. The molecule has 118 valence electrons. The Kier molecular flexibility index (Phi) is 5.61. The molecule has 7 heteroatoms. The molecular weight excluding hydrogens is 294 g/mol. The van der Waals surface area contributed by atoms with E-state index in [1.807, 2.05) is 0 Å². The smallest absolute Gasteiger partial charge is 0.287 e. The molecule has 1 aliphatic heterocycles. The fourth-order valence-corrected chi connectivity index (χ4v) is 2.58. The number of hydrogen-bond acceptors (Lipinski definition) is 5. The topological polar surface area (TPSA) is 76.4 Å². The number of nitrogens with one attached hydrogen (secondary N) is 1. The lowest BCUT2D eigenvalue weighted by Gasteiger charge is -2.37. The van der Waals surface area contributed by atoms with Gasteiger partial charge in [-0.05, 0) is 19.3 Å². The number of aliphatic hydroxyl groups is 1. The van der Waals surface area contributed by atoms with E-state index in [2.05, 4.69) is 17.3 Å². The maximum Gasteiger partial charge on any atom is 0.287 e. The van der Waals surface area contributed by atoms with Crippen molar-refractivity contribution in [2.24, 2.45) is 0 Å². The molecule has 1 aromatic rings. The average molecular weight is 316 g/mol. The van der Waals surface area contributed by atoms with Crippen molar-refractivity contribution >= 4 is 17.3 Å². The van der Waals surface area contributed by atoms with Crippen LogP contribution in [0.3, 0.4) is 0 Å². The monoisotopic (exact) mass is 315 g/mol. The van der Waals surface area contributed by atoms with Crippen molar-refractivity contribution in [2.45, 2.75) is 44.7 Å². The molecule has 0 bridgehead atoms. The summed E-state index contributed by atoms with van der Waals surface area (Å²) in [5, 5.41) is 17.1. The number of aromatic nitrogens is 2. The largest absolute Gasteiger partial charge is 0.394 e. The first kappa shape index (κ1) is 16.3. The van der Waals surface area contributed by atoms with Gasteiger partial charge in [-0.2, -0.15) is 5.10 Å². The summed E-state index contributed by atoms with van der Waals surface area (Å²) in [7, 11) is 0. The first-order chi connectivity index (χ1) is 10.1. The standard InChI is InChI=1S/C14H22ClN3O3/c1-2-3-6-18-13(20)12(15)11(9-16-18)17-14(10-19)4-7-21-8-5-14/h9,17,19H,2-8,10H2,1H3. The molecule has 2 N–H and O–H groups in total. The zero-order chi connectivity index (χ0) is 15.3. The zero-order valence-electron chi connectivity index (χ0n) is 12.3. The highest BCUT2D eigenvalue weighted by molar-refractivity contribution is 6.32. The van der Waals surface area contributed by atoms with Gasteiger partial charge >= 0.3 is 0 Å². The minimum absolute atomic E-state index is 0.0361. The number of nitrogens with zero attached hydrogens (tertiary/aromatic N) is 2. The van der Waals surface area contributed by atoms with E-state index in [9.17, 15) is 9.90 Å². The van der Waals surface area contributed by atoms with Crippen molar-refractivity contribution in [3.05, 3.63) is 21.6 Å². The number of rotatable bonds is 6. The third-order valence-corrected chi connectivity index (χ3v) is 4.23. The van der Waals surface area contributed by atoms with Crippen LogP contribution in [0.1, 0.15) is 32.6 Å². The highest BCUT2D eigenvalue weighted by atomic mass is 35.5. The van der Waals surface area contributed by atoms with Gasteiger partial charge in [-0.25, -0.2) is 4.68 Å². The minimum Gasteiger partial charge on any atom is -0.394 e. The molecule has 0 radical (unpaired) electrons. The Bertz CT molecular complexity index is 527. The summed E-state index contributed by atoms with van der Waals surface area (Å²) < 4.78 is 6.70. The molecule has 0 atom stereocenters. The molecule has 0 amide bonds. The molecule has 0 aliphatic carbocycles. The Morgan fingerprint density at radius 1 is 1.52 bits per heavy atom. The first-order valence-electron chi connectivity index (χ1n) is 7.34. The van der Waals surface area contributed by atoms with Gasteiger partial charge in [0.1, 0.15) is 5.02 Å². The van der Waals surface area contributed by atoms with Crippen LogP contribution in [0.4, 0.5) is 5.69 Å². The van der Waals surface area contributed by atoms with Crippen LogP contribution < -0.4 is 10.9 Å². The maximum absolute atomic E-state index is 12.2. The number of halogens is 1. The molecule has 0 unspecified atom stereocenters. The Labute approximate surface area is 129 Å². The summed E-state index contributed by atoms with van der Waals surface area (Å²) >= 11 is 6.17. The molecule has 0 spiro atoms. The van der Waals surface area contributed by atoms with Crippen LogP contribution in [0.2, 0.25) is 5.02 Å². The van der Waals surface area contributed by atoms with Gasteiger partial charge in [0.25, 0.3) is 5.56 Å². The fraction of sp³-hybridized carbons (Fsp3) is 0.714. The van der Waals surface area contributed by atoms with Crippen LogP contribution in [0.15, 0.2) is 11.0 Å². The van der Waals surface area contributed by atoms with Gasteiger partial charge in [0, 0.05) is 19.8 Å². The molecule has 0 saturated carbocycles. The number of aryl methyl sites for hydroxylation is 1. The van der Waals surface area contributed by atoms with Gasteiger partial charge in [-0.1, -0.05) is 24.9 Å². The zero-order valence-corrected chi connectivity index (χ0v) is 13.0. The third-order valence-electron chi connectivity index (χ3n) is 3.86. The van der Waals surface area contributed by atoms with Crippen molar-refractivity contribution in [2.75, 3.05) is 25.1 Å². The van der Waals surface area contributed by atoms with Crippen LogP contribution >= 0.6 is 11.6 Å². The second-order valence-corrected chi connectivity index (χ2v) is 5.81. The van der Waals surface area contributed by atoms with Gasteiger partial charge < -0.3 is 15.2 Å². The third kappa shape index (κ3) is 3.75. The Morgan fingerprint density at radius 2 is 2.24 bits per heavy atom. The van der Waals surface area contributed by atoms with Crippen molar-refractivity contribution in [1.82, 2.24) is 9.78 Å². The van der Waals surface area contributed by atoms with Crippen LogP contribution in [0.5, 0.6) is 0 Å². The number of aliphatic hydroxyl groups excluding tert-OH is 1. The maximum atomic E-state index is 12.2. The van der Waals surface area contributed by atoms with Gasteiger partial charge in [0.15, 0.2) is 0 Å². The number of anilines is 1. The van der Waals surface area contributed by atoms with Gasteiger partial charge in [0.2, 0.25) is 0 Å². The van der Waals surface area contributed by atoms with E-state index in [4.69, 9.17) is 16.3 Å². The van der Waals surface area contributed by atoms with Crippen molar-refractivity contribution in [3.8, 4) is 0 Å². The van der Waals surface area contributed by atoms with Crippen molar-refractivity contribution in [1.29, 1.82) is 0 Å². The lowest BCUT2D eigenvalue weighted by atomic mass is 9.91. The van der Waals surface area contributed by atoms with Gasteiger partial charge in [-0.3, -0.25) is 4.79 Å². The van der Waals surface area contributed by atoms with Crippen molar-refractivity contribution in [3.63, 3.8) is 0 Å². The molecule has 1 saturated heterocycles. The molecule has 2 heterocycles. The SMILES string of the molecule is CCCCn1ncc(NC2(CO)CCOCC2)c(Cl)c1=O. The van der Waals surface area contributed by atoms with E-state index in [1.54, 1.807) is 6.20 Å². The first-order valence-corrected chi connectivity index (χ1v) is 7.72. The summed E-state index contributed by atoms with van der Waals surface area (Å²) in [6, 6.07) is 0. The van der Waals surface area contributed by atoms with Crippen LogP contribution in [-0.4, -0.2) is 40.2 Å². The van der Waals surface area contributed by atoms with Gasteiger partial charge in [-0.15, -0.1) is 0 Å². The second kappa shape index (κ2) is 7.24. The quantitative estimate of drug-likeness (QED) is 0.835. The summed E-state index contributed by atoms with van der Waals surface area (Å²) in [6.07, 6.45) is 4.76. The number of hydrogen-bond donors (Lipinski definition) is 2. The van der Waals surface area contributed by atoms with Crippen LogP contribution in [0.25, 0.3) is 0 Å². The fourth-order valence-electron chi connectivity index (χ4n) is 2.39. The van der Waals surface area contributed by atoms with E-state index in [-0.39, 0.29) is 17.2 Å². The summed E-state index contributed by atoms with van der Waals surface area (Å²) in [6.45, 7) is 3.73. The van der Waals surface area contributed by atoms with Crippen molar-refractivity contribution < 1.29 is 9.84 Å². The van der Waals surface area contributed by atoms with Gasteiger partial charge in [0.05, 0.1) is 24.0 Å². The van der Waals surface area contributed by atoms with Crippen LogP contribution in [-0.2, 0) is 11.3 Å². The van der Waals surface area contributed by atoms with E-state index in [0.717, 1.165) is 12.8 Å². The summed E-state index contributed by atoms with van der Waals surface area (Å²) in [4.78, 5) is 12.2. The molecule has 1 fully saturated rings. The van der Waals surface area contributed by atoms with Crippen LogP contribution in [0, 0.1) is 0 Å². The molecule has 2 rings (SSSR count). The Morgan fingerprint density at radius 3 is 2.86 bits per heavy atom. The second-order valence-electron chi connectivity index (χ2n) is 5.43. The lowest BCUT2D eigenvalue weighted by Crippen LogP contribution is -2.47. The van der Waals surface area contributed by atoms with E-state index < -0.39 is 5.54 Å². The summed E-state index contributed by atoms with van der Waals surface area (Å²) in [5.41, 5.74) is -0.313. The highest BCUT2D eigenvalue weighted by Gasteiger charge is 2.32. The Hall–Kier alpha value is -1.11. The Balaban J connectivity index is 2.20. The predicted molar refractivity (Wildman–Crippen MR) is 81.9 cm³/mol.